The average molecular weight is 243 g/mol. The fourth-order valence-electron chi connectivity index (χ4n) is 1.38. The van der Waals surface area contributed by atoms with E-state index >= 15 is 0 Å². The molecular formula is C9H7F2N3O3. The van der Waals surface area contributed by atoms with E-state index < -0.39 is 18.0 Å². The molecular weight excluding hydrogens is 236 g/mol. The topological polar surface area (TPSA) is 76.7 Å². The van der Waals surface area contributed by atoms with Gasteiger partial charge >= 0.3 is 5.97 Å². The van der Waals surface area contributed by atoms with Crippen molar-refractivity contribution in [2.75, 3.05) is 7.11 Å². The molecule has 0 bridgehead atoms. The Kier molecular flexibility index (Phi) is 2.62. The highest BCUT2D eigenvalue weighted by atomic mass is 19.3. The monoisotopic (exact) mass is 243 g/mol. The Morgan fingerprint density at radius 1 is 1.59 bits per heavy atom. The lowest BCUT2D eigenvalue weighted by Crippen LogP contribution is -2.01. The molecule has 90 valence electrons. The molecule has 0 aliphatic heterocycles. The number of aromatic carboxylic acids is 1. The van der Waals surface area contributed by atoms with Crippen LogP contribution in [0, 0.1) is 0 Å². The van der Waals surface area contributed by atoms with Crippen molar-refractivity contribution in [3.8, 4) is 5.88 Å². The Morgan fingerprint density at radius 2 is 2.29 bits per heavy atom. The van der Waals surface area contributed by atoms with Gasteiger partial charge in [-0.2, -0.15) is 0 Å². The summed E-state index contributed by atoms with van der Waals surface area (Å²) >= 11 is 0. The summed E-state index contributed by atoms with van der Waals surface area (Å²) in [6, 6.07) is 0. The number of ether oxygens (including phenoxy) is 1. The molecule has 0 atom stereocenters. The van der Waals surface area contributed by atoms with Gasteiger partial charge in [-0.15, -0.1) is 5.10 Å². The van der Waals surface area contributed by atoms with Crippen LogP contribution in [0.4, 0.5) is 8.78 Å². The molecule has 0 aliphatic rings. The van der Waals surface area contributed by atoms with Crippen molar-refractivity contribution in [1.29, 1.82) is 0 Å². The molecule has 0 aliphatic carbocycles. The third-order valence-corrected chi connectivity index (χ3v) is 2.13. The molecule has 2 aromatic rings. The average Bonchev–Trinajstić information content (AvgIpc) is 2.65. The predicted octanol–water partition coefficient (Wildman–Crippen LogP) is 1.37. The molecule has 6 nitrogen and oxygen atoms in total. The summed E-state index contributed by atoms with van der Waals surface area (Å²) in [5, 5.41) is 12.4. The first-order chi connectivity index (χ1) is 8.04. The Morgan fingerprint density at radius 3 is 2.82 bits per heavy atom. The third kappa shape index (κ3) is 1.77. The van der Waals surface area contributed by atoms with E-state index in [0.29, 0.717) is 0 Å². The number of methoxy groups -OCH3 is 1. The zero-order valence-corrected chi connectivity index (χ0v) is 8.59. The molecule has 2 rings (SSSR count). The SMILES string of the molecule is COc1nn2cc(C(=O)O)cnc2c1C(F)F. The molecule has 0 radical (unpaired) electrons. The summed E-state index contributed by atoms with van der Waals surface area (Å²) in [4.78, 5) is 14.3. The summed E-state index contributed by atoms with van der Waals surface area (Å²) in [6.07, 6.45) is -0.713. The Labute approximate surface area is 93.5 Å². The van der Waals surface area contributed by atoms with Crippen molar-refractivity contribution in [2.24, 2.45) is 0 Å². The van der Waals surface area contributed by atoms with Crippen LogP contribution in [-0.4, -0.2) is 32.8 Å². The number of fused-ring (bicyclic) bond motifs is 1. The van der Waals surface area contributed by atoms with E-state index in [4.69, 9.17) is 9.84 Å². The van der Waals surface area contributed by atoms with Crippen molar-refractivity contribution >= 4 is 11.6 Å². The van der Waals surface area contributed by atoms with Crippen molar-refractivity contribution in [3.05, 3.63) is 23.5 Å². The highest BCUT2D eigenvalue weighted by molar-refractivity contribution is 5.87. The third-order valence-electron chi connectivity index (χ3n) is 2.13. The molecule has 2 heterocycles. The first kappa shape index (κ1) is 11.2. The second kappa shape index (κ2) is 3.96. The molecule has 8 heteroatoms. The minimum Gasteiger partial charge on any atom is -0.480 e. The molecule has 1 N–H and O–H groups in total. The molecule has 0 fully saturated rings. The van der Waals surface area contributed by atoms with E-state index in [1.807, 2.05) is 0 Å². The number of halogens is 2. The maximum absolute atomic E-state index is 12.7. The van der Waals surface area contributed by atoms with Gasteiger partial charge in [0.2, 0.25) is 5.88 Å². The van der Waals surface area contributed by atoms with E-state index in [-0.39, 0.29) is 17.1 Å². The molecule has 0 unspecified atom stereocenters. The number of nitrogens with zero attached hydrogens (tertiary/aromatic N) is 3. The lowest BCUT2D eigenvalue weighted by Gasteiger charge is -1.98. The number of carbonyl (C=O) groups is 1. The number of carboxylic acid groups (broad SMARTS) is 1. The normalized spacial score (nSPS) is 11.1. The smallest absolute Gasteiger partial charge is 0.338 e. The van der Waals surface area contributed by atoms with Gasteiger partial charge < -0.3 is 9.84 Å². The largest absolute Gasteiger partial charge is 0.480 e. The highest BCUT2D eigenvalue weighted by Gasteiger charge is 2.23. The van der Waals surface area contributed by atoms with Gasteiger partial charge in [0, 0.05) is 12.4 Å². The molecule has 0 saturated carbocycles. The number of hydrogen-bond donors (Lipinski definition) is 1. The second-order valence-electron chi connectivity index (χ2n) is 3.14. The lowest BCUT2D eigenvalue weighted by atomic mass is 10.3. The zero-order chi connectivity index (χ0) is 12.6. The zero-order valence-electron chi connectivity index (χ0n) is 8.59. The molecule has 17 heavy (non-hydrogen) atoms. The maximum atomic E-state index is 12.7. The van der Waals surface area contributed by atoms with Crippen LogP contribution in [0.3, 0.4) is 0 Å². The van der Waals surface area contributed by atoms with Crippen molar-refractivity contribution in [3.63, 3.8) is 0 Å². The minimum absolute atomic E-state index is 0.123. The number of alkyl halides is 2. The van der Waals surface area contributed by atoms with Gasteiger partial charge in [-0.1, -0.05) is 0 Å². The minimum atomic E-state index is -2.80. The van der Waals surface area contributed by atoms with Crippen molar-refractivity contribution in [2.45, 2.75) is 6.43 Å². The standard InChI is InChI=1S/C9H7F2N3O3/c1-17-8-5(6(10)11)7-12-2-4(9(15)16)3-14(7)13-8/h2-3,6H,1H3,(H,15,16). The van der Waals surface area contributed by atoms with Crippen LogP contribution in [0.1, 0.15) is 22.3 Å². The molecule has 0 saturated heterocycles. The fourth-order valence-corrected chi connectivity index (χ4v) is 1.38. The van der Waals surface area contributed by atoms with Gasteiger partial charge in [0.15, 0.2) is 5.65 Å². The van der Waals surface area contributed by atoms with E-state index in [0.717, 1.165) is 16.9 Å². The van der Waals surface area contributed by atoms with Gasteiger partial charge in [0.05, 0.1) is 12.7 Å². The first-order valence-electron chi connectivity index (χ1n) is 4.48. The lowest BCUT2D eigenvalue weighted by molar-refractivity contribution is 0.0695. The van der Waals surface area contributed by atoms with Crippen LogP contribution in [0.2, 0.25) is 0 Å². The van der Waals surface area contributed by atoms with Crippen LogP contribution < -0.4 is 4.74 Å². The Hall–Kier alpha value is -2.25. The molecule has 0 aromatic carbocycles. The van der Waals surface area contributed by atoms with Gasteiger partial charge in [-0.05, 0) is 0 Å². The van der Waals surface area contributed by atoms with Crippen molar-refractivity contribution in [1.82, 2.24) is 14.6 Å². The number of aromatic nitrogens is 3. The van der Waals surface area contributed by atoms with Gasteiger partial charge in [0.1, 0.15) is 5.56 Å². The Balaban J connectivity index is 2.69. The predicted molar refractivity (Wildman–Crippen MR) is 51.5 cm³/mol. The molecule has 2 aromatic heterocycles. The van der Waals surface area contributed by atoms with Crippen LogP contribution in [0.25, 0.3) is 5.65 Å². The van der Waals surface area contributed by atoms with Gasteiger partial charge in [0.25, 0.3) is 6.43 Å². The molecule has 0 amide bonds. The second-order valence-corrected chi connectivity index (χ2v) is 3.14. The summed E-state index contributed by atoms with van der Waals surface area (Å²) in [5.41, 5.74) is -0.727. The van der Waals surface area contributed by atoms with E-state index in [9.17, 15) is 13.6 Å². The molecule has 0 spiro atoms. The van der Waals surface area contributed by atoms with Gasteiger partial charge in [-0.3, -0.25) is 0 Å². The quantitative estimate of drug-likeness (QED) is 0.881. The number of carboxylic acids is 1. The van der Waals surface area contributed by atoms with Crippen molar-refractivity contribution < 1.29 is 23.4 Å². The number of rotatable bonds is 3. The Bertz CT molecular complexity index is 582. The summed E-state index contributed by atoms with van der Waals surface area (Å²) in [5.74, 6) is -1.48. The van der Waals surface area contributed by atoms with E-state index in [1.165, 1.54) is 7.11 Å². The summed E-state index contributed by atoms with van der Waals surface area (Å²) in [6.45, 7) is 0. The maximum Gasteiger partial charge on any atom is 0.338 e. The summed E-state index contributed by atoms with van der Waals surface area (Å²) < 4.78 is 31.1. The van der Waals surface area contributed by atoms with Gasteiger partial charge in [-0.25, -0.2) is 23.1 Å². The summed E-state index contributed by atoms with van der Waals surface area (Å²) in [7, 11) is 1.20. The fraction of sp³-hybridized carbons (Fsp3) is 0.222. The first-order valence-corrected chi connectivity index (χ1v) is 4.48. The van der Waals surface area contributed by atoms with Crippen LogP contribution in [-0.2, 0) is 0 Å². The van der Waals surface area contributed by atoms with Crippen LogP contribution in [0.15, 0.2) is 12.4 Å². The highest BCUT2D eigenvalue weighted by Crippen LogP contribution is 2.31. The van der Waals surface area contributed by atoms with Crippen LogP contribution >= 0.6 is 0 Å². The van der Waals surface area contributed by atoms with Crippen LogP contribution in [0.5, 0.6) is 5.88 Å². The number of hydrogen-bond acceptors (Lipinski definition) is 4. The van der Waals surface area contributed by atoms with E-state index in [2.05, 4.69) is 10.1 Å². The van der Waals surface area contributed by atoms with E-state index in [1.54, 1.807) is 0 Å².